The maximum atomic E-state index is 12.4. The topological polar surface area (TPSA) is 98.5 Å². The van der Waals surface area contributed by atoms with Crippen molar-refractivity contribution in [2.24, 2.45) is 0 Å². The Morgan fingerprint density at radius 3 is 2.00 bits per heavy atom. The van der Waals surface area contributed by atoms with Crippen molar-refractivity contribution in [2.45, 2.75) is 18.9 Å². The van der Waals surface area contributed by atoms with Gasteiger partial charge < -0.3 is 15.3 Å². The van der Waals surface area contributed by atoms with Gasteiger partial charge in [-0.05, 0) is 53.8 Å². The van der Waals surface area contributed by atoms with Gasteiger partial charge >= 0.3 is 0 Å². The van der Waals surface area contributed by atoms with Crippen LogP contribution in [0.2, 0.25) is 0 Å². The van der Waals surface area contributed by atoms with Crippen molar-refractivity contribution in [1.82, 2.24) is 25.3 Å². The number of hydrogen-bond acceptors (Lipinski definition) is 4. The van der Waals surface area contributed by atoms with Crippen LogP contribution in [0.5, 0.6) is 0 Å². The van der Waals surface area contributed by atoms with Gasteiger partial charge in [-0.15, -0.1) is 0 Å². The summed E-state index contributed by atoms with van der Waals surface area (Å²) < 4.78 is 0. The Bertz CT molecular complexity index is 1460. The first-order valence-electron chi connectivity index (χ1n) is 12.1. The molecule has 1 amide bonds. The van der Waals surface area contributed by atoms with E-state index in [1.165, 1.54) is 6.42 Å². The van der Waals surface area contributed by atoms with Gasteiger partial charge in [-0.25, -0.2) is 9.97 Å². The van der Waals surface area contributed by atoms with E-state index in [0.717, 1.165) is 52.4 Å². The second-order valence-corrected chi connectivity index (χ2v) is 8.95. The Morgan fingerprint density at radius 1 is 0.750 bits per heavy atom. The summed E-state index contributed by atoms with van der Waals surface area (Å²) in [4.78, 5) is 27.9. The number of H-pyrrole nitrogens is 2. The lowest BCUT2D eigenvalue weighted by molar-refractivity contribution is 0.102. The van der Waals surface area contributed by atoms with Crippen LogP contribution in [-0.2, 0) is 0 Å². The van der Waals surface area contributed by atoms with E-state index in [1.807, 2.05) is 24.4 Å². The van der Waals surface area contributed by atoms with E-state index in [1.54, 1.807) is 18.3 Å². The number of amides is 1. The van der Waals surface area contributed by atoms with Gasteiger partial charge in [0.05, 0.1) is 29.8 Å². The van der Waals surface area contributed by atoms with Crippen molar-refractivity contribution >= 4 is 11.9 Å². The Labute approximate surface area is 209 Å². The molecule has 3 heterocycles. The summed E-state index contributed by atoms with van der Waals surface area (Å²) in [5.74, 6) is 1.24. The summed E-state index contributed by atoms with van der Waals surface area (Å²) in [5.41, 5.74) is 6.85. The summed E-state index contributed by atoms with van der Waals surface area (Å²) in [6.45, 7) is 1.06. The van der Waals surface area contributed by atoms with E-state index in [4.69, 9.17) is 0 Å². The van der Waals surface area contributed by atoms with E-state index in [-0.39, 0.29) is 5.91 Å². The number of anilines is 1. The normalized spacial score (nSPS) is 15.2. The van der Waals surface area contributed by atoms with E-state index < -0.39 is 0 Å². The van der Waals surface area contributed by atoms with Crippen LogP contribution in [0.15, 0.2) is 91.3 Å². The Morgan fingerprint density at radius 2 is 1.36 bits per heavy atom. The molecule has 3 aromatic carbocycles. The number of hydrogen-bond donors (Lipinski definition) is 4. The molecule has 7 heteroatoms. The molecule has 0 bridgehead atoms. The molecule has 178 valence electrons. The smallest absolute Gasteiger partial charge is 0.257 e. The van der Waals surface area contributed by atoms with Gasteiger partial charge in [-0.2, -0.15) is 0 Å². The predicted octanol–water partition coefficient (Wildman–Crippen LogP) is 5.81. The molecule has 5 aromatic rings. The Balaban J connectivity index is 1.13. The van der Waals surface area contributed by atoms with Gasteiger partial charge in [0.2, 0.25) is 5.95 Å². The highest BCUT2D eigenvalue weighted by Crippen LogP contribution is 2.28. The van der Waals surface area contributed by atoms with Gasteiger partial charge in [0.15, 0.2) is 0 Å². The van der Waals surface area contributed by atoms with Crippen LogP contribution in [-0.4, -0.2) is 32.4 Å². The minimum atomic E-state index is -0.197. The van der Waals surface area contributed by atoms with Gasteiger partial charge in [0.25, 0.3) is 5.91 Å². The number of benzene rings is 3. The fraction of sp³-hybridized carbons (Fsp3) is 0.138. The molecule has 7 nitrogen and oxygen atoms in total. The van der Waals surface area contributed by atoms with Gasteiger partial charge in [0, 0.05) is 5.56 Å². The fourth-order valence-electron chi connectivity index (χ4n) is 4.56. The lowest BCUT2D eigenvalue weighted by atomic mass is 10.0. The van der Waals surface area contributed by atoms with Crippen molar-refractivity contribution in [3.05, 3.63) is 103 Å². The van der Waals surface area contributed by atoms with Crippen molar-refractivity contribution in [2.75, 3.05) is 11.9 Å². The van der Waals surface area contributed by atoms with Crippen LogP contribution in [0.3, 0.4) is 0 Å². The first kappa shape index (κ1) is 22.0. The maximum absolute atomic E-state index is 12.4. The molecule has 0 aliphatic carbocycles. The van der Waals surface area contributed by atoms with Crippen molar-refractivity contribution in [3.63, 3.8) is 0 Å². The molecule has 0 unspecified atom stereocenters. The zero-order valence-corrected chi connectivity index (χ0v) is 19.7. The van der Waals surface area contributed by atoms with E-state index in [0.29, 0.717) is 17.6 Å². The second-order valence-electron chi connectivity index (χ2n) is 8.95. The fourth-order valence-corrected chi connectivity index (χ4v) is 4.56. The third-order valence-corrected chi connectivity index (χ3v) is 6.55. The van der Waals surface area contributed by atoms with E-state index >= 15 is 0 Å². The highest BCUT2D eigenvalue weighted by atomic mass is 16.1. The molecule has 0 radical (unpaired) electrons. The molecule has 1 saturated heterocycles. The standard InChI is InChI=1S/C29H26N6O/c36-28(23-5-2-1-3-6-23)35-29-32-18-26(34-29)22-14-10-20(11-15-22)19-8-12-21(13-9-19)25-17-31-27(33-25)24-7-4-16-30-24/h1-3,5-6,8-15,17-18,24,30H,4,7,16H2,(H,31,33)(H2,32,34,35,36)/t24-/m0/s1. The second kappa shape index (κ2) is 9.64. The number of nitrogens with one attached hydrogen (secondary N) is 4. The highest BCUT2D eigenvalue weighted by molar-refractivity contribution is 6.03. The molecule has 2 aromatic heterocycles. The molecule has 1 aliphatic heterocycles. The number of rotatable bonds is 6. The summed E-state index contributed by atoms with van der Waals surface area (Å²) in [6, 6.07) is 26.2. The number of imidazole rings is 2. The van der Waals surface area contributed by atoms with Crippen LogP contribution >= 0.6 is 0 Å². The average molecular weight is 475 g/mol. The first-order chi connectivity index (χ1) is 17.7. The molecular weight excluding hydrogens is 448 g/mol. The van der Waals surface area contributed by atoms with Crippen LogP contribution in [0.25, 0.3) is 33.6 Å². The van der Waals surface area contributed by atoms with Crippen LogP contribution < -0.4 is 10.6 Å². The Hall–Kier alpha value is -4.49. The largest absolute Gasteiger partial charge is 0.341 e. The van der Waals surface area contributed by atoms with Crippen molar-refractivity contribution in [1.29, 1.82) is 0 Å². The van der Waals surface area contributed by atoms with Gasteiger partial charge in [0.1, 0.15) is 5.82 Å². The zero-order chi connectivity index (χ0) is 24.3. The number of aromatic amines is 2. The molecule has 0 spiro atoms. The molecule has 1 atom stereocenters. The lowest BCUT2D eigenvalue weighted by Crippen LogP contribution is -2.14. The molecule has 36 heavy (non-hydrogen) atoms. The molecule has 6 rings (SSSR count). The van der Waals surface area contributed by atoms with Gasteiger partial charge in [-0.3, -0.25) is 10.1 Å². The molecular formula is C29H26N6O. The van der Waals surface area contributed by atoms with Gasteiger partial charge in [-0.1, -0.05) is 66.7 Å². The average Bonchev–Trinajstić information content (AvgIpc) is 3.72. The quantitative estimate of drug-likeness (QED) is 0.250. The van der Waals surface area contributed by atoms with Crippen molar-refractivity contribution < 1.29 is 4.79 Å². The number of nitrogens with zero attached hydrogens (tertiary/aromatic N) is 2. The summed E-state index contributed by atoms with van der Waals surface area (Å²) >= 11 is 0. The van der Waals surface area contributed by atoms with Crippen LogP contribution in [0.4, 0.5) is 5.95 Å². The molecule has 4 N–H and O–H groups in total. The summed E-state index contributed by atoms with van der Waals surface area (Å²) in [7, 11) is 0. The van der Waals surface area contributed by atoms with Crippen molar-refractivity contribution in [3.8, 4) is 33.6 Å². The minimum Gasteiger partial charge on any atom is -0.341 e. The lowest BCUT2D eigenvalue weighted by Gasteiger charge is -2.06. The van der Waals surface area contributed by atoms with Crippen LogP contribution in [0, 0.1) is 0 Å². The van der Waals surface area contributed by atoms with E-state index in [2.05, 4.69) is 79.1 Å². The van der Waals surface area contributed by atoms with E-state index in [9.17, 15) is 4.79 Å². The minimum absolute atomic E-state index is 0.197. The van der Waals surface area contributed by atoms with Crippen LogP contribution in [0.1, 0.15) is 35.1 Å². The third-order valence-electron chi connectivity index (χ3n) is 6.55. The highest BCUT2D eigenvalue weighted by Gasteiger charge is 2.19. The first-order valence-corrected chi connectivity index (χ1v) is 12.1. The molecule has 1 aliphatic rings. The zero-order valence-electron chi connectivity index (χ0n) is 19.7. The predicted molar refractivity (Wildman–Crippen MR) is 141 cm³/mol. The summed E-state index contributed by atoms with van der Waals surface area (Å²) in [6.07, 6.45) is 5.97. The SMILES string of the molecule is O=C(Nc1ncc(-c2ccc(-c3ccc(-c4cnc([C@@H]5CCCN5)[nH]4)cc3)cc2)[nH]1)c1ccccc1. The number of carbonyl (C=O) groups is 1. The maximum Gasteiger partial charge on any atom is 0.257 e. The monoisotopic (exact) mass is 474 g/mol. The molecule has 0 saturated carbocycles. The molecule has 1 fully saturated rings. The summed E-state index contributed by atoms with van der Waals surface area (Å²) in [5, 5.41) is 6.29. The number of aromatic nitrogens is 4. The Kier molecular flexibility index (Phi) is 5.89. The number of carbonyl (C=O) groups excluding carboxylic acids is 1. The third kappa shape index (κ3) is 4.56.